The molecule has 1 fully saturated rings. The standard InChI is InChI=1S/C18H21N5OS2/c1-12-19-18(26-22-12)25-17-21-20-16(13-8-10-15(24-2)11-9-13)23(17)14-6-4-3-5-7-14/h8-11,14H,3-7H2,1-2H3. The second-order valence-corrected chi connectivity index (χ2v) is 8.37. The van der Waals surface area contributed by atoms with Crippen LogP contribution in [0.2, 0.25) is 0 Å². The molecule has 0 radical (unpaired) electrons. The average molecular weight is 388 g/mol. The Morgan fingerprint density at radius 2 is 1.88 bits per heavy atom. The molecule has 6 nitrogen and oxygen atoms in total. The van der Waals surface area contributed by atoms with Gasteiger partial charge in [-0.1, -0.05) is 19.3 Å². The molecule has 0 aliphatic heterocycles. The molecule has 1 saturated carbocycles. The lowest BCUT2D eigenvalue weighted by molar-refractivity contribution is 0.339. The lowest BCUT2D eigenvalue weighted by atomic mass is 9.95. The monoisotopic (exact) mass is 387 g/mol. The zero-order chi connectivity index (χ0) is 17.9. The Hall–Kier alpha value is -1.93. The van der Waals surface area contributed by atoms with Crippen molar-refractivity contribution in [3.63, 3.8) is 0 Å². The fraction of sp³-hybridized carbons (Fsp3) is 0.444. The zero-order valence-electron chi connectivity index (χ0n) is 14.9. The third-order valence-corrected chi connectivity index (χ3v) is 6.44. The minimum Gasteiger partial charge on any atom is -0.497 e. The van der Waals surface area contributed by atoms with Gasteiger partial charge < -0.3 is 4.74 Å². The maximum absolute atomic E-state index is 5.28. The van der Waals surface area contributed by atoms with Gasteiger partial charge in [0.25, 0.3) is 0 Å². The Morgan fingerprint density at radius 1 is 1.12 bits per heavy atom. The van der Waals surface area contributed by atoms with Crippen molar-refractivity contribution in [2.75, 3.05) is 7.11 Å². The molecular formula is C18H21N5OS2. The van der Waals surface area contributed by atoms with Crippen LogP contribution in [0.3, 0.4) is 0 Å². The molecule has 1 aliphatic carbocycles. The van der Waals surface area contributed by atoms with Gasteiger partial charge in [0.15, 0.2) is 15.3 Å². The SMILES string of the molecule is COc1ccc(-c2nnc(Sc3nc(C)ns3)n2C2CCCCC2)cc1. The molecule has 2 aromatic heterocycles. The number of benzene rings is 1. The molecule has 8 heteroatoms. The predicted octanol–water partition coefficient (Wildman–Crippen LogP) is 4.77. The van der Waals surface area contributed by atoms with E-state index < -0.39 is 0 Å². The molecule has 0 bridgehead atoms. The summed E-state index contributed by atoms with van der Waals surface area (Å²) >= 11 is 2.98. The molecular weight excluding hydrogens is 366 g/mol. The third-order valence-electron chi connectivity index (χ3n) is 4.64. The summed E-state index contributed by atoms with van der Waals surface area (Å²) in [6, 6.07) is 8.47. The quantitative estimate of drug-likeness (QED) is 0.628. The number of hydrogen-bond donors (Lipinski definition) is 0. The molecule has 4 rings (SSSR count). The number of hydrogen-bond acceptors (Lipinski definition) is 7. The predicted molar refractivity (Wildman–Crippen MR) is 103 cm³/mol. The fourth-order valence-electron chi connectivity index (χ4n) is 3.35. The Labute approximate surface area is 161 Å². The van der Waals surface area contributed by atoms with Crippen molar-refractivity contribution >= 4 is 23.3 Å². The van der Waals surface area contributed by atoms with Gasteiger partial charge in [-0.15, -0.1) is 10.2 Å². The van der Waals surface area contributed by atoms with E-state index in [4.69, 9.17) is 4.74 Å². The van der Waals surface area contributed by atoms with Gasteiger partial charge in [-0.25, -0.2) is 4.98 Å². The van der Waals surface area contributed by atoms with Crippen LogP contribution in [0.4, 0.5) is 0 Å². The third kappa shape index (κ3) is 3.61. The van der Waals surface area contributed by atoms with Crippen LogP contribution in [-0.4, -0.2) is 31.2 Å². The van der Waals surface area contributed by atoms with Crippen LogP contribution in [0, 0.1) is 6.92 Å². The largest absolute Gasteiger partial charge is 0.497 e. The molecule has 3 aromatic rings. The summed E-state index contributed by atoms with van der Waals surface area (Å²) in [5.74, 6) is 2.57. The van der Waals surface area contributed by atoms with Gasteiger partial charge in [0.2, 0.25) is 0 Å². The van der Waals surface area contributed by atoms with E-state index in [1.807, 2.05) is 31.2 Å². The van der Waals surface area contributed by atoms with Crippen LogP contribution in [0.25, 0.3) is 11.4 Å². The highest BCUT2D eigenvalue weighted by atomic mass is 32.2. The summed E-state index contributed by atoms with van der Waals surface area (Å²) in [5, 5.41) is 9.93. The van der Waals surface area contributed by atoms with E-state index >= 15 is 0 Å². The van der Waals surface area contributed by atoms with E-state index in [2.05, 4.69) is 24.1 Å². The van der Waals surface area contributed by atoms with Crippen molar-refractivity contribution in [2.24, 2.45) is 0 Å². The van der Waals surface area contributed by atoms with Crippen molar-refractivity contribution in [3.05, 3.63) is 30.1 Å². The van der Waals surface area contributed by atoms with Crippen molar-refractivity contribution in [1.82, 2.24) is 24.1 Å². The summed E-state index contributed by atoms with van der Waals surface area (Å²) in [6.45, 7) is 1.91. The van der Waals surface area contributed by atoms with Gasteiger partial charge in [-0.2, -0.15) is 4.37 Å². The lowest BCUT2D eigenvalue weighted by Gasteiger charge is -2.25. The number of nitrogens with zero attached hydrogens (tertiary/aromatic N) is 5. The number of aryl methyl sites for hydroxylation is 1. The molecule has 1 aliphatic rings. The van der Waals surface area contributed by atoms with E-state index in [9.17, 15) is 0 Å². The maximum atomic E-state index is 5.28. The minimum atomic E-state index is 0.437. The highest BCUT2D eigenvalue weighted by molar-refractivity contribution is 8.00. The molecule has 0 amide bonds. The topological polar surface area (TPSA) is 65.7 Å². The fourth-order valence-corrected chi connectivity index (χ4v) is 5.01. The van der Waals surface area contributed by atoms with Gasteiger partial charge in [-0.3, -0.25) is 4.57 Å². The van der Waals surface area contributed by atoms with Gasteiger partial charge in [0, 0.05) is 11.6 Å². The van der Waals surface area contributed by atoms with Crippen LogP contribution in [0.15, 0.2) is 33.8 Å². The second-order valence-electron chi connectivity index (χ2n) is 6.41. The highest BCUT2D eigenvalue weighted by Crippen LogP contribution is 2.38. The summed E-state index contributed by atoms with van der Waals surface area (Å²) in [4.78, 5) is 4.47. The number of methoxy groups -OCH3 is 1. The van der Waals surface area contributed by atoms with Crippen molar-refractivity contribution in [3.8, 4) is 17.1 Å². The van der Waals surface area contributed by atoms with E-state index in [0.29, 0.717) is 6.04 Å². The smallest absolute Gasteiger partial charge is 0.198 e. The van der Waals surface area contributed by atoms with Crippen LogP contribution in [-0.2, 0) is 0 Å². The van der Waals surface area contributed by atoms with Crippen LogP contribution >= 0.6 is 23.3 Å². The van der Waals surface area contributed by atoms with Crippen molar-refractivity contribution in [1.29, 1.82) is 0 Å². The highest BCUT2D eigenvalue weighted by Gasteiger charge is 2.24. The maximum Gasteiger partial charge on any atom is 0.198 e. The molecule has 0 N–H and O–H groups in total. The Bertz CT molecular complexity index is 868. The van der Waals surface area contributed by atoms with Crippen LogP contribution < -0.4 is 4.74 Å². The number of rotatable bonds is 5. The zero-order valence-corrected chi connectivity index (χ0v) is 16.5. The molecule has 0 spiro atoms. The minimum absolute atomic E-state index is 0.437. The van der Waals surface area contributed by atoms with Crippen molar-refractivity contribution < 1.29 is 4.74 Å². The molecule has 2 heterocycles. The first-order chi connectivity index (χ1) is 12.7. The molecule has 0 saturated heterocycles. The Kier molecular flexibility index (Phi) is 5.21. The van der Waals surface area contributed by atoms with Gasteiger partial charge in [0.1, 0.15) is 11.6 Å². The first kappa shape index (κ1) is 17.5. The molecule has 26 heavy (non-hydrogen) atoms. The summed E-state index contributed by atoms with van der Waals surface area (Å²) in [6.07, 6.45) is 6.17. The first-order valence-corrected chi connectivity index (χ1v) is 10.4. The Balaban J connectivity index is 1.72. The molecule has 0 atom stereocenters. The summed E-state index contributed by atoms with van der Waals surface area (Å²) in [5.41, 5.74) is 1.06. The molecule has 136 valence electrons. The lowest BCUT2D eigenvalue weighted by Crippen LogP contribution is -2.15. The van der Waals surface area contributed by atoms with E-state index in [0.717, 1.165) is 32.5 Å². The molecule has 0 unspecified atom stereocenters. The average Bonchev–Trinajstić information content (AvgIpc) is 3.29. The second kappa shape index (κ2) is 7.75. The van der Waals surface area contributed by atoms with Crippen molar-refractivity contribution in [2.45, 2.75) is 54.6 Å². The Morgan fingerprint density at radius 3 is 2.54 bits per heavy atom. The molecule has 1 aromatic carbocycles. The normalized spacial score (nSPS) is 15.3. The number of ether oxygens (including phenoxy) is 1. The van der Waals surface area contributed by atoms with Crippen LogP contribution in [0.1, 0.15) is 44.0 Å². The van der Waals surface area contributed by atoms with E-state index in [1.54, 1.807) is 18.9 Å². The number of aromatic nitrogens is 5. The van der Waals surface area contributed by atoms with E-state index in [-0.39, 0.29) is 0 Å². The van der Waals surface area contributed by atoms with Gasteiger partial charge >= 0.3 is 0 Å². The summed E-state index contributed by atoms with van der Waals surface area (Å²) in [7, 11) is 1.68. The van der Waals surface area contributed by atoms with Gasteiger partial charge in [0.05, 0.1) is 7.11 Å². The summed E-state index contributed by atoms with van der Waals surface area (Å²) < 4.78 is 12.8. The van der Waals surface area contributed by atoms with Gasteiger partial charge in [-0.05, 0) is 67.3 Å². The van der Waals surface area contributed by atoms with E-state index in [1.165, 1.54) is 43.6 Å². The van der Waals surface area contributed by atoms with Crippen LogP contribution in [0.5, 0.6) is 5.75 Å². The first-order valence-electron chi connectivity index (χ1n) is 8.82.